The number of phenolic OH excluding ortho intramolecular Hbond substituents is 1. The van der Waals surface area contributed by atoms with Crippen LogP contribution in [-0.2, 0) is 17.6 Å². The van der Waals surface area contributed by atoms with Crippen LogP contribution in [0.2, 0.25) is 0 Å². The minimum Gasteiger partial charge on any atom is -0.508 e. The van der Waals surface area contributed by atoms with Crippen molar-refractivity contribution in [3.05, 3.63) is 102 Å². The number of nitrogens with zero attached hydrogens (tertiary/aromatic N) is 2. The number of nitrogens with one attached hydrogen (secondary N) is 1. The number of aryl methyl sites for hydroxylation is 1. The SMILES string of the molecule is O=C(Cc1ccc(O)cc1)NC1N=CC(c2ccccc2)=NC1CCCc1ccccc1. The predicted octanol–water partition coefficient (Wildman–Crippen LogP) is 4.34. The molecule has 0 saturated heterocycles. The molecular formula is C27H27N3O2. The van der Waals surface area contributed by atoms with Gasteiger partial charge in [-0.05, 0) is 42.5 Å². The fourth-order valence-electron chi connectivity index (χ4n) is 3.82. The Morgan fingerprint density at radius 3 is 2.28 bits per heavy atom. The number of carbonyl (C=O) groups is 1. The van der Waals surface area contributed by atoms with E-state index in [0.29, 0.717) is 0 Å². The molecule has 0 aliphatic carbocycles. The van der Waals surface area contributed by atoms with E-state index in [4.69, 9.17) is 4.99 Å². The van der Waals surface area contributed by atoms with Crippen LogP contribution in [0.1, 0.15) is 29.5 Å². The summed E-state index contributed by atoms with van der Waals surface area (Å²) in [5.41, 5.74) is 4.01. The molecule has 3 aromatic rings. The molecule has 1 aliphatic heterocycles. The van der Waals surface area contributed by atoms with Gasteiger partial charge < -0.3 is 10.4 Å². The zero-order valence-corrected chi connectivity index (χ0v) is 17.9. The van der Waals surface area contributed by atoms with Crippen molar-refractivity contribution in [1.82, 2.24) is 5.32 Å². The third-order valence-electron chi connectivity index (χ3n) is 5.51. The average Bonchev–Trinajstić information content (AvgIpc) is 2.83. The highest BCUT2D eigenvalue weighted by molar-refractivity contribution is 6.38. The van der Waals surface area contributed by atoms with Gasteiger partial charge in [-0.2, -0.15) is 0 Å². The molecule has 0 aromatic heterocycles. The molecule has 32 heavy (non-hydrogen) atoms. The van der Waals surface area contributed by atoms with Gasteiger partial charge in [-0.1, -0.05) is 72.8 Å². The Morgan fingerprint density at radius 2 is 1.56 bits per heavy atom. The van der Waals surface area contributed by atoms with Crippen LogP contribution in [0, 0.1) is 0 Å². The number of amides is 1. The van der Waals surface area contributed by atoms with Crippen LogP contribution in [0.3, 0.4) is 0 Å². The van der Waals surface area contributed by atoms with Crippen LogP contribution in [0.25, 0.3) is 0 Å². The van der Waals surface area contributed by atoms with Crippen LogP contribution < -0.4 is 5.32 Å². The second-order valence-corrected chi connectivity index (χ2v) is 7.96. The number of hydrogen-bond donors (Lipinski definition) is 2. The molecular weight excluding hydrogens is 398 g/mol. The molecule has 1 heterocycles. The number of hydrogen-bond acceptors (Lipinski definition) is 4. The van der Waals surface area contributed by atoms with Crippen LogP contribution in [0.5, 0.6) is 5.75 Å². The lowest BCUT2D eigenvalue weighted by molar-refractivity contribution is -0.121. The number of phenols is 1. The summed E-state index contributed by atoms with van der Waals surface area (Å²) in [6, 6.07) is 27.0. The summed E-state index contributed by atoms with van der Waals surface area (Å²) in [6.07, 6.45) is 4.35. The maximum absolute atomic E-state index is 12.7. The van der Waals surface area contributed by atoms with Gasteiger partial charge in [-0.3, -0.25) is 14.8 Å². The third kappa shape index (κ3) is 5.91. The van der Waals surface area contributed by atoms with Crippen molar-refractivity contribution in [2.24, 2.45) is 9.98 Å². The Labute approximate surface area is 188 Å². The molecule has 0 radical (unpaired) electrons. The van der Waals surface area contributed by atoms with Crippen LogP contribution in [-0.4, -0.2) is 35.1 Å². The number of aromatic hydroxyl groups is 1. The molecule has 0 spiro atoms. The standard InChI is InChI=1S/C27H27N3O2/c31-23-16-14-21(15-17-23)18-26(32)30-27-24(13-7-10-20-8-3-1-4-9-20)29-25(19-28-27)22-11-5-2-6-12-22/h1-6,8-9,11-12,14-17,19,24,27,31H,7,10,13,18H2,(H,30,32). The molecule has 2 N–H and O–H groups in total. The Bertz CT molecular complexity index is 1080. The lowest BCUT2D eigenvalue weighted by Crippen LogP contribution is -2.44. The number of carbonyl (C=O) groups excluding carboxylic acids is 1. The summed E-state index contributed by atoms with van der Waals surface area (Å²) < 4.78 is 0. The summed E-state index contributed by atoms with van der Waals surface area (Å²) in [4.78, 5) is 22.3. The molecule has 2 unspecified atom stereocenters. The molecule has 3 aromatic carbocycles. The van der Waals surface area contributed by atoms with E-state index < -0.39 is 0 Å². The molecule has 0 bridgehead atoms. The van der Waals surface area contributed by atoms with E-state index in [2.05, 4.69) is 34.6 Å². The first kappa shape index (κ1) is 21.5. The van der Waals surface area contributed by atoms with E-state index in [-0.39, 0.29) is 30.3 Å². The topological polar surface area (TPSA) is 74.0 Å². The molecule has 0 fully saturated rings. The van der Waals surface area contributed by atoms with Crippen molar-refractivity contribution in [1.29, 1.82) is 0 Å². The van der Waals surface area contributed by atoms with Crippen LogP contribution >= 0.6 is 0 Å². The fourth-order valence-corrected chi connectivity index (χ4v) is 3.82. The highest BCUT2D eigenvalue weighted by atomic mass is 16.3. The highest BCUT2D eigenvalue weighted by Gasteiger charge is 2.25. The van der Waals surface area contributed by atoms with E-state index in [1.807, 2.05) is 36.4 Å². The molecule has 1 amide bonds. The Morgan fingerprint density at radius 1 is 0.875 bits per heavy atom. The monoisotopic (exact) mass is 425 g/mol. The maximum Gasteiger partial charge on any atom is 0.226 e. The molecule has 0 saturated carbocycles. The molecule has 2 atom stereocenters. The van der Waals surface area contributed by atoms with Crippen molar-refractivity contribution in [2.45, 2.75) is 37.9 Å². The average molecular weight is 426 g/mol. The van der Waals surface area contributed by atoms with Crippen molar-refractivity contribution < 1.29 is 9.90 Å². The van der Waals surface area contributed by atoms with Crippen LogP contribution in [0.4, 0.5) is 0 Å². The molecule has 162 valence electrons. The second-order valence-electron chi connectivity index (χ2n) is 7.96. The molecule has 5 nitrogen and oxygen atoms in total. The zero-order chi connectivity index (χ0) is 22.2. The smallest absolute Gasteiger partial charge is 0.226 e. The fraction of sp³-hybridized carbons (Fsp3) is 0.222. The first-order chi connectivity index (χ1) is 15.7. The minimum atomic E-state index is -0.386. The quantitative estimate of drug-likeness (QED) is 0.563. The lowest BCUT2D eigenvalue weighted by Gasteiger charge is -2.26. The molecule has 4 rings (SSSR count). The maximum atomic E-state index is 12.7. The Balaban J connectivity index is 1.44. The lowest BCUT2D eigenvalue weighted by atomic mass is 10.0. The molecule has 5 heteroatoms. The summed E-state index contributed by atoms with van der Waals surface area (Å²) in [5.74, 6) is 0.0801. The summed E-state index contributed by atoms with van der Waals surface area (Å²) in [7, 11) is 0. The number of benzene rings is 3. The largest absolute Gasteiger partial charge is 0.508 e. The van der Waals surface area contributed by atoms with Gasteiger partial charge in [0.2, 0.25) is 5.91 Å². The predicted molar refractivity (Wildman–Crippen MR) is 128 cm³/mol. The van der Waals surface area contributed by atoms with Gasteiger partial charge in [0.15, 0.2) is 0 Å². The summed E-state index contributed by atoms with van der Waals surface area (Å²) in [5, 5.41) is 12.5. The Hall–Kier alpha value is -3.73. The zero-order valence-electron chi connectivity index (χ0n) is 17.9. The Kier molecular flexibility index (Phi) is 7.08. The summed E-state index contributed by atoms with van der Waals surface area (Å²) in [6.45, 7) is 0. The summed E-state index contributed by atoms with van der Waals surface area (Å²) >= 11 is 0. The van der Waals surface area contributed by atoms with Crippen LogP contribution in [0.15, 0.2) is 94.9 Å². The first-order valence-electron chi connectivity index (χ1n) is 10.9. The third-order valence-corrected chi connectivity index (χ3v) is 5.51. The van der Waals surface area contributed by atoms with Crippen molar-refractivity contribution in [3.63, 3.8) is 0 Å². The van der Waals surface area contributed by atoms with Gasteiger partial charge in [0, 0.05) is 11.8 Å². The van der Waals surface area contributed by atoms with Crippen molar-refractivity contribution in [2.75, 3.05) is 0 Å². The van der Waals surface area contributed by atoms with Gasteiger partial charge in [0.1, 0.15) is 11.9 Å². The van der Waals surface area contributed by atoms with E-state index in [0.717, 1.165) is 36.1 Å². The van der Waals surface area contributed by atoms with Gasteiger partial charge in [0.25, 0.3) is 0 Å². The number of aliphatic imine (C=N–C) groups is 2. The highest BCUT2D eigenvalue weighted by Crippen LogP contribution is 2.18. The van der Waals surface area contributed by atoms with Gasteiger partial charge >= 0.3 is 0 Å². The van der Waals surface area contributed by atoms with E-state index in [9.17, 15) is 9.90 Å². The van der Waals surface area contributed by atoms with Gasteiger partial charge in [-0.25, -0.2) is 0 Å². The minimum absolute atomic E-state index is 0.107. The number of rotatable bonds is 8. The van der Waals surface area contributed by atoms with E-state index >= 15 is 0 Å². The van der Waals surface area contributed by atoms with E-state index in [1.54, 1.807) is 30.5 Å². The second kappa shape index (κ2) is 10.5. The first-order valence-corrected chi connectivity index (χ1v) is 10.9. The van der Waals surface area contributed by atoms with Gasteiger partial charge in [0.05, 0.1) is 18.2 Å². The normalized spacial score (nSPS) is 17.6. The van der Waals surface area contributed by atoms with Crippen molar-refractivity contribution in [3.8, 4) is 5.75 Å². The van der Waals surface area contributed by atoms with Crippen molar-refractivity contribution >= 4 is 17.8 Å². The molecule has 1 aliphatic rings. The van der Waals surface area contributed by atoms with E-state index in [1.165, 1.54) is 5.56 Å². The van der Waals surface area contributed by atoms with Gasteiger partial charge in [-0.15, -0.1) is 0 Å².